The number of aromatic nitrogens is 2. The average molecular weight is 507 g/mol. The Labute approximate surface area is 201 Å². The summed E-state index contributed by atoms with van der Waals surface area (Å²) in [4.78, 5) is 13.0. The van der Waals surface area contributed by atoms with E-state index in [1.807, 2.05) is 0 Å². The Balaban J connectivity index is 1.47. The van der Waals surface area contributed by atoms with E-state index in [4.69, 9.17) is 25.5 Å². The highest BCUT2D eigenvalue weighted by atomic mass is 35.5. The third-order valence-electron chi connectivity index (χ3n) is 5.50. The molecule has 1 N–H and O–H groups in total. The largest absolute Gasteiger partial charge is 0.497 e. The summed E-state index contributed by atoms with van der Waals surface area (Å²) in [5.41, 5.74) is 0.507. The summed E-state index contributed by atoms with van der Waals surface area (Å²) in [6.45, 7) is 0.372. The standard InChI is InChI=1S/C22H23ClN4O6S/c1-31-16-7-10-19(32-2)18(12-16)21-25-26-22(33-21)24-20(28)14-4-3-11-27(13-14)34(29,30)17-8-5-15(23)6-9-17/h5-10,12,14H,3-4,11,13H2,1-2H3,(H,24,26,28). The van der Waals surface area contributed by atoms with E-state index in [2.05, 4.69) is 15.5 Å². The van der Waals surface area contributed by atoms with Crippen LogP contribution < -0.4 is 14.8 Å². The number of sulfonamides is 1. The zero-order chi connectivity index (χ0) is 24.3. The predicted octanol–water partition coefficient (Wildman–Crippen LogP) is 3.45. The number of hydrogen-bond donors (Lipinski definition) is 1. The summed E-state index contributed by atoms with van der Waals surface area (Å²) < 4.78 is 43.5. The Hall–Kier alpha value is -3.15. The fourth-order valence-electron chi connectivity index (χ4n) is 3.70. The average Bonchev–Trinajstić information content (AvgIpc) is 3.32. The van der Waals surface area contributed by atoms with Crippen molar-refractivity contribution in [2.75, 3.05) is 32.6 Å². The minimum Gasteiger partial charge on any atom is -0.497 e. The Morgan fingerprint density at radius 3 is 2.62 bits per heavy atom. The lowest BCUT2D eigenvalue weighted by atomic mass is 9.99. The number of anilines is 1. The van der Waals surface area contributed by atoms with Crippen LogP contribution in [0.15, 0.2) is 51.8 Å². The minimum atomic E-state index is -3.75. The molecule has 10 nitrogen and oxygen atoms in total. The van der Waals surface area contributed by atoms with Gasteiger partial charge in [0.05, 0.1) is 30.6 Å². The van der Waals surface area contributed by atoms with E-state index in [-0.39, 0.29) is 23.3 Å². The summed E-state index contributed by atoms with van der Waals surface area (Å²) in [5.74, 6) is 0.240. The first-order valence-electron chi connectivity index (χ1n) is 10.4. The molecule has 3 aromatic rings. The molecule has 1 amide bonds. The van der Waals surface area contributed by atoms with E-state index in [0.29, 0.717) is 41.5 Å². The van der Waals surface area contributed by atoms with Crippen LogP contribution in [0.5, 0.6) is 11.5 Å². The third-order valence-corrected chi connectivity index (χ3v) is 7.63. The van der Waals surface area contributed by atoms with Crippen LogP contribution in [-0.4, -0.2) is 56.1 Å². The number of piperidine rings is 1. The van der Waals surface area contributed by atoms with Gasteiger partial charge in [-0.25, -0.2) is 8.42 Å². The maximum Gasteiger partial charge on any atom is 0.322 e. The second-order valence-corrected chi connectivity index (χ2v) is 10.00. The van der Waals surface area contributed by atoms with Crippen molar-refractivity contribution in [1.82, 2.24) is 14.5 Å². The van der Waals surface area contributed by atoms with Crippen molar-refractivity contribution in [2.45, 2.75) is 17.7 Å². The molecule has 1 aromatic heterocycles. The Bertz CT molecular complexity index is 1280. The zero-order valence-corrected chi connectivity index (χ0v) is 20.1. The van der Waals surface area contributed by atoms with Gasteiger partial charge in [0.2, 0.25) is 15.9 Å². The molecular formula is C22H23ClN4O6S. The van der Waals surface area contributed by atoms with E-state index < -0.39 is 21.8 Å². The van der Waals surface area contributed by atoms with Crippen molar-refractivity contribution in [1.29, 1.82) is 0 Å². The van der Waals surface area contributed by atoms with Crippen LogP contribution in [0.25, 0.3) is 11.5 Å². The van der Waals surface area contributed by atoms with Crippen LogP contribution in [0, 0.1) is 5.92 Å². The van der Waals surface area contributed by atoms with Crippen molar-refractivity contribution in [3.63, 3.8) is 0 Å². The molecule has 0 aliphatic carbocycles. The van der Waals surface area contributed by atoms with Gasteiger partial charge in [0, 0.05) is 18.1 Å². The predicted molar refractivity (Wildman–Crippen MR) is 124 cm³/mol. The molecule has 1 unspecified atom stereocenters. The number of methoxy groups -OCH3 is 2. The summed E-state index contributed by atoms with van der Waals surface area (Å²) in [5, 5.41) is 10.9. The van der Waals surface area contributed by atoms with Crippen LogP contribution in [-0.2, 0) is 14.8 Å². The Kier molecular flexibility index (Phi) is 7.05. The van der Waals surface area contributed by atoms with E-state index in [9.17, 15) is 13.2 Å². The lowest BCUT2D eigenvalue weighted by Gasteiger charge is -2.30. The van der Waals surface area contributed by atoms with Crippen LogP contribution in [0.1, 0.15) is 12.8 Å². The van der Waals surface area contributed by atoms with Gasteiger partial charge in [0.25, 0.3) is 5.89 Å². The molecule has 0 radical (unpaired) electrons. The number of carbonyl (C=O) groups is 1. The van der Waals surface area contributed by atoms with E-state index >= 15 is 0 Å². The Morgan fingerprint density at radius 2 is 1.91 bits per heavy atom. The summed E-state index contributed by atoms with van der Waals surface area (Å²) in [6, 6.07) is 11.0. The fraction of sp³-hybridized carbons (Fsp3) is 0.318. The lowest BCUT2D eigenvalue weighted by Crippen LogP contribution is -2.43. The van der Waals surface area contributed by atoms with Gasteiger partial charge in [-0.3, -0.25) is 10.1 Å². The molecule has 0 bridgehead atoms. The molecule has 1 atom stereocenters. The molecule has 2 heterocycles. The summed E-state index contributed by atoms with van der Waals surface area (Å²) in [6.07, 6.45) is 1.07. The highest BCUT2D eigenvalue weighted by Crippen LogP contribution is 2.33. The first-order valence-corrected chi connectivity index (χ1v) is 12.3. The van der Waals surface area contributed by atoms with Gasteiger partial charge < -0.3 is 13.9 Å². The van der Waals surface area contributed by atoms with Crippen LogP contribution in [0.2, 0.25) is 5.02 Å². The minimum absolute atomic E-state index is 0.0431. The van der Waals surface area contributed by atoms with Crippen molar-refractivity contribution < 1.29 is 27.1 Å². The van der Waals surface area contributed by atoms with Gasteiger partial charge >= 0.3 is 6.01 Å². The third kappa shape index (κ3) is 5.01. The molecule has 34 heavy (non-hydrogen) atoms. The van der Waals surface area contributed by atoms with E-state index in [1.165, 1.54) is 42.8 Å². The quantitative estimate of drug-likeness (QED) is 0.516. The normalized spacial score (nSPS) is 16.7. The van der Waals surface area contributed by atoms with Crippen molar-refractivity contribution >= 4 is 33.5 Å². The number of nitrogens with one attached hydrogen (secondary N) is 1. The highest BCUT2D eigenvalue weighted by Gasteiger charge is 2.34. The molecule has 1 aliphatic rings. The molecule has 1 fully saturated rings. The molecule has 2 aromatic carbocycles. The van der Waals surface area contributed by atoms with Gasteiger partial charge in [-0.2, -0.15) is 4.31 Å². The van der Waals surface area contributed by atoms with Gasteiger partial charge in [-0.1, -0.05) is 16.7 Å². The van der Waals surface area contributed by atoms with Gasteiger partial charge in [0.15, 0.2) is 0 Å². The summed E-state index contributed by atoms with van der Waals surface area (Å²) >= 11 is 5.87. The maximum atomic E-state index is 13.0. The van der Waals surface area contributed by atoms with E-state index in [0.717, 1.165) is 0 Å². The first-order chi connectivity index (χ1) is 16.3. The van der Waals surface area contributed by atoms with Crippen molar-refractivity contribution in [3.8, 4) is 23.0 Å². The number of rotatable bonds is 7. The molecule has 180 valence electrons. The van der Waals surface area contributed by atoms with E-state index in [1.54, 1.807) is 18.2 Å². The van der Waals surface area contributed by atoms with Gasteiger partial charge in [-0.15, -0.1) is 5.10 Å². The molecule has 0 spiro atoms. The number of halogens is 1. The number of hydrogen-bond acceptors (Lipinski definition) is 8. The molecule has 12 heteroatoms. The van der Waals surface area contributed by atoms with Crippen LogP contribution in [0.3, 0.4) is 0 Å². The molecular weight excluding hydrogens is 484 g/mol. The topological polar surface area (TPSA) is 124 Å². The number of benzene rings is 2. The number of amides is 1. The SMILES string of the molecule is COc1ccc(OC)c(-c2nnc(NC(=O)C3CCCN(S(=O)(=O)c4ccc(Cl)cc4)C3)o2)c1. The second kappa shape index (κ2) is 10.00. The Morgan fingerprint density at radius 1 is 1.15 bits per heavy atom. The van der Waals surface area contributed by atoms with Crippen LogP contribution >= 0.6 is 11.6 Å². The fourth-order valence-corrected chi connectivity index (χ4v) is 5.35. The number of carbonyl (C=O) groups excluding carboxylic acids is 1. The van der Waals surface area contributed by atoms with Gasteiger partial charge in [-0.05, 0) is 55.3 Å². The number of ether oxygens (including phenoxy) is 2. The van der Waals surface area contributed by atoms with Crippen molar-refractivity contribution in [2.24, 2.45) is 5.92 Å². The monoisotopic (exact) mass is 506 g/mol. The molecule has 0 saturated carbocycles. The smallest absolute Gasteiger partial charge is 0.322 e. The second-order valence-electron chi connectivity index (χ2n) is 7.62. The molecule has 1 saturated heterocycles. The van der Waals surface area contributed by atoms with Gasteiger partial charge in [0.1, 0.15) is 11.5 Å². The van der Waals surface area contributed by atoms with Crippen molar-refractivity contribution in [3.05, 3.63) is 47.5 Å². The molecule has 4 rings (SSSR count). The first kappa shape index (κ1) is 24.0. The maximum absolute atomic E-state index is 13.0. The number of nitrogens with zero attached hydrogens (tertiary/aromatic N) is 3. The lowest BCUT2D eigenvalue weighted by molar-refractivity contribution is -0.121. The van der Waals surface area contributed by atoms with Crippen LogP contribution in [0.4, 0.5) is 6.01 Å². The highest BCUT2D eigenvalue weighted by molar-refractivity contribution is 7.89. The summed E-state index contributed by atoms with van der Waals surface area (Å²) in [7, 11) is -0.702. The molecule has 1 aliphatic heterocycles. The zero-order valence-electron chi connectivity index (χ0n) is 18.5.